The van der Waals surface area contributed by atoms with E-state index in [9.17, 15) is 14.0 Å². The fourth-order valence-corrected chi connectivity index (χ4v) is 3.43. The quantitative estimate of drug-likeness (QED) is 0.819. The van der Waals surface area contributed by atoms with Crippen LogP contribution in [0.5, 0.6) is 5.75 Å². The molecule has 8 heteroatoms. The minimum atomic E-state index is -0.350. The Hall–Kier alpha value is -2.90. The third kappa shape index (κ3) is 3.79. The molecule has 0 bridgehead atoms. The van der Waals surface area contributed by atoms with Crippen molar-refractivity contribution in [2.45, 2.75) is 25.9 Å². The molecule has 4 rings (SSSR count). The van der Waals surface area contributed by atoms with Crippen LogP contribution in [0.25, 0.3) is 0 Å². The van der Waals surface area contributed by atoms with Crippen molar-refractivity contribution in [3.05, 3.63) is 47.5 Å². The number of carbonyl (C=O) groups excluding carboxylic acids is 2. The predicted octanol–water partition coefficient (Wildman–Crippen LogP) is 1.68. The third-order valence-electron chi connectivity index (χ3n) is 4.94. The lowest BCUT2D eigenvalue weighted by Crippen LogP contribution is -2.40. The highest BCUT2D eigenvalue weighted by atomic mass is 19.1. The molecule has 7 nitrogen and oxygen atoms in total. The van der Waals surface area contributed by atoms with E-state index in [0.29, 0.717) is 31.1 Å². The molecule has 0 N–H and O–H groups in total. The van der Waals surface area contributed by atoms with Crippen LogP contribution in [0, 0.1) is 5.82 Å². The highest BCUT2D eigenvalue weighted by Crippen LogP contribution is 2.18. The Bertz CT molecular complexity index is 843. The van der Waals surface area contributed by atoms with Crippen LogP contribution in [0.2, 0.25) is 0 Å². The predicted molar refractivity (Wildman–Crippen MR) is 94.7 cm³/mol. The maximum atomic E-state index is 12.9. The average molecular weight is 372 g/mol. The zero-order valence-electron chi connectivity index (χ0n) is 14.9. The van der Waals surface area contributed by atoms with Crippen LogP contribution < -0.4 is 4.74 Å². The van der Waals surface area contributed by atoms with Gasteiger partial charge in [0.2, 0.25) is 0 Å². The van der Waals surface area contributed by atoms with Gasteiger partial charge in [-0.3, -0.25) is 14.3 Å². The molecule has 2 aromatic rings. The summed E-state index contributed by atoms with van der Waals surface area (Å²) < 4.78 is 20.1. The summed E-state index contributed by atoms with van der Waals surface area (Å²) in [7, 11) is 0. The van der Waals surface area contributed by atoms with Gasteiger partial charge in [0, 0.05) is 19.6 Å². The van der Waals surface area contributed by atoms with Crippen molar-refractivity contribution in [1.82, 2.24) is 19.6 Å². The summed E-state index contributed by atoms with van der Waals surface area (Å²) in [4.78, 5) is 28.4. The van der Waals surface area contributed by atoms with E-state index in [-0.39, 0.29) is 24.2 Å². The number of halogens is 1. The first-order valence-corrected chi connectivity index (χ1v) is 9.12. The molecule has 0 aliphatic carbocycles. The SMILES string of the molecule is O=C(COc1ccc(F)cc1)N1CCn2nc(C(=O)N3CCCC3)cc2C1. The normalized spacial score (nSPS) is 16.3. The van der Waals surface area contributed by atoms with Crippen LogP contribution in [0.1, 0.15) is 29.0 Å². The number of benzene rings is 1. The van der Waals surface area contributed by atoms with Crippen molar-refractivity contribution < 1.29 is 18.7 Å². The summed E-state index contributed by atoms with van der Waals surface area (Å²) in [5.41, 5.74) is 1.29. The molecule has 0 atom stereocenters. The Morgan fingerprint density at radius 1 is 1.04 bits per heavy atom. The average Bonchev–Trinajstić information content (AvgIpc) is 3.36. The van der Waals surface area contributed by atoms with Crippen molar-refractivity contribution in [2.75, 3.05) is 26.2 Å². The molecule has 0 saturated carbocycles. The molecule has 2 aliphatic heterocycles. The number of ether oxygens (including phenoxy) is 1. The van der Waals surface area contributed by atoms with Gasteiger partial charge in [0.1, 0.15) is 11.6 Å². The van der Waals surface area contributed by atoms with Gasteiger partial charge in [0.05, 0.1) is 18.8 Å². The molecule has 142 valence electrons. The molecule has 1 aromatic heterocycles. The van der Waals surface area contributed by atoms with Gasteiger partial charge in [-0.1, -0.05) is 0 Å². The molecule has 3 heterocycles. The Morgan fingerprint density at radius 3 is 2.52 bits per heavy atom. The zero-order chi connectivity index (χ0) is 18.8. The van der Waals surface area contributed by atoms with Crippen molar-refractivity contribution in [3.8, 4) is 5.75 Å². The Morgan fingerprint density at radius 2 is 1.78 bits per heavy atom. The number of rotatable bonds is 4. The standard InChI is InChI=1S/C19H21FN4O3/c20-14-3-5-16(6-4-14)27-13-18(25)23-9-10-24-15(12-23)11-17(21-24)19(26)22-7-1-2-8-22/h3-6,11H,1-2,7-10,12-13H2. The lowest BCUT2D eigenvalue weighted by atomic mass is 10.2. The number of nitrogens with zero attached hydrogens (tertiary/aromatic N) is 4. The van der Waals surface area contributed by atoms with E-state index >= 15 is 0 Å². The van der Waals surface area contributed by atoms with Gasteiger partial charge in [-0.05, 0) is 43.2 Å². The summed E-state index contributed by atoms with van der Waals surface area (Å²) in [6, 6.07) is 7.34. The summed E-state index contributed by atoms with van der Waals surface area (Å²) >= 11 is 0. The van der Waals surface area contributed by atoms with E-state index in [1.165, 1.54) is 24.3 Å². The third-order valence-corrected chi connectivity index (χ3v) is 4.94. The van der Waals surface area contributed by atoms with Gasteiger partial charge in [-0.2, -0.15) is 5.10 Å². The van der Waals surface area contributed by atoms with Gasteiger partial charge in [-0.25, -0.2) is 4.39 Å². The van der Waals surface area contributed by atoms with E-state index in [0.717, 1.165) is 31.6 Å². The van der Waals surface area contributed by atoms with Crippen LogP contribution in [-0.2, 0) is 17.9 Å². The van der Waals surface area contributed by atoms with Crippen LogP contribution in [0.4, 0.5) is 4.39 Å². The van der Waals surface area contributed by atoms with Gasteiger partial charge in [0.15, 0.2) is 12.3 Å². The van der Waals surface area contributed by atoms with Crippen LogP contribution in [0.15, 0.2) is 30.3 Å². The smallest absolute Gasteiger partial charge is 0.274 e. The summed E-state index contributed by atoms with van der Waals surface area (Å²) in [5.74, 6) is -0.0892. The summed E-state index contributed by atoms with van der Waals surface area (Å²) in [6.07, 6.45) is 2.07. The molecule has 2 aliphatic rings. The number of aromatic nitrogens is 2. The second-order valence-electron chi connectivity index (χ2n) is 6.80. The highest BCUT2D eigenvalue weighted by molar-refractivity contribution is 5.92. The molecule has 2 amide bonds. The second-order valence-corrected chi connectivity index (χ2v) is 6.80. The maximum absolute atomic E-state index is 12.9. The summed E-state index contributed by atoms with van der Waals surface area (Å²) in [6.45, 7) is 2.91. The number of hydrogen-bond donors (Lipinski definition) is 0. The van der Waals surface area contributed by atoms with Crippen molar-refractivity contribution in [1.29, 1.82) is 0 Å². The molecule has 0 spiro atoms. The number of hydrogen-bond acceptors (Lipinski definition) is 4. The largest absolute Gasteiger partial charge is 0.484 e. The van der Waals surface area contributed by atoms with Crippen molar-refractivity contribution in [3.63, 3.8) is 0 Å². The second kappa shape index (κ2) is 7.38. The number of amides is 2. The zero-order valence-corrected chi connectivity index (χ0v) is 14.9. The fraction of sp³-hybridized carbons (Fsp3) is 0.421. The molecule has 0 radical (unpaired) electrons. The molecular weight excluding hydrogens is 351 g/mol. The van der Waals surface area contributed by atoms with Crippen LogP contribution in [0.3, 0.4) is 0 Å². The Balaban J connectivity index is 1.36. The summed E-state index contributed by atoms with van der Waals surface area (Å²) in [5, 5.41) is 4.41. The van der Waals surface area contributed by atoms with Gasteiger partial charge < -0.3 is 14.5 Å². The van der Waals surface area contributed by atoms with Gasteiger partial charge >= 0.3 is 0 Å². The van der Waals surface area contributed by atoms with Crippen molar-refractivity contribution >= 4 is 11.8 Å². The number of likely N-dealkylation sites (tertiary alicyclic amines) is 1. The van der Waals surface area contributed by atoms with E-state index in [1.807, 2.05) is 4.90 Å². The molecule has 0 unspecified atom stereocenters. The first-order chi connectivity index (χ1) is 13.1. The van der Waals surface area contributed by atoms with Crippen molar-refractivity contribution in [2.24, 2.45) is 0 Å². The minimum absolute atomic E-state index is 0.0353. The first-order valence-electron chi connectivity index (χ1n) is 9.12. The molecule has 27 heavy (non-hydrogen) atoms. The first kappa shape index (κ1) is 17.5. The van der Waals surface area contributed by atoms with Gasteiger partial charge in [0.25, 0.3) is 11.8 Å². The number of fused-ring (bicyclic) bond motifs is 1. The maximum Gasteiger partial charge on any atom is 0.274 e. The van der Waals surface area contributed by atoms with E-state index in [1.54, 1.807) is 15.6 Å². The van der Waals surface area contributed by atoms with E-state index in [4.69, 9.17) is 4.74 Å². The van der Waals surface area contributed by atoms with Crippen LogP contribution >= 0.6 is 0 Å². The molecule has 1 fully saturated rings. The van der Waals surface area contributed by atoms with E-state index in [2.05, 4.69) is 5.10 Å². The van der Waals surface area contributed by atoms with E-state index < -0.39 is 0 Å². The fourth-order valence-electron chi connectivity index (χ4n) is 3.43. The lowest BCUT2D eigenvalue weighted by molar-refractivity contribution is -0.134. The Labute approximate surface area is 156 Å². The number of carbonyl (C=O) groups is 2. The molecule has 1 saturated heterocycles. The monoisotopic (exact) mass is 372 g/mol. The van der Waals surface area contributed by atoms with Gasteiger partial charge in [-0.15, -0.1) is 0 Å². The lowest BCUT2D eigenvalue weighted by Gasteiger charge is -2.27. The Kier molecular flexibility index (Phi) is 4.79. The minimum Gasteiger partial charge on any atom is -0.484 e. The highest BCUT2D eigenvalue weighted by Gasteiger charge is 2.27. The topological polar surface area (TPSA) is 67.7 Å². The van der Waals surface area contributed by atoms with Crippen LogP contribution in [-0.4, -0.2) is 57.6 Å². The molecule has 1 aromatic carbocycles. The molecular formula is C19H21FN4O3.